The number of hydrogen-bond acceptors (Lipinski definition) is 9. The van der Waals surface area contributed by atoms with Gasteiger partial charge in [0.2, 0.25) is 0 Å². The van der Waals surface area contributed by atoms with E-state index in [1.54, 1.807) is 6.20 Å². The molecule has 1 aliphatic heterocycles. The number of anilines is 1. The lowest BCUT2D eigenvalue weighted by Gasteiger charge is -2.55. The van der Waals surface area contributed by atoms with E-state index < -0.39 is 37.3 Å². The summed E-state index contributed by atoms with van der Waals surface area (Å²) < 4.78 is 5.47. The quantitative estimate of drug-likeness (QED) is 0.438. The van der Waals surface area contributed by atoms with Crippen molar-refractivity contribution in [1.29, 1.82) is 0 Å². The number of nitrogens with zero attached hydrogens (tertiary/aromatic N) is 1. The number of Topliss-reactive ketones (excluding diaryl/α,β-unsaturated/α-hetero) is 1. The van der Waals surface area contributed by atoms with Gasteiger partial charge < -0.3 is 30.5 Å². The first-order chi connectivity index (χ1) is 13.9. The maximum Gasteiger partial charge on any atom is 0.185 e. The van der Waals surface area contributed by atoms with Gasteiger partial charge in [0.15, 0.2) is 17.1 Å². The van der Waals surface area contributed by atoms with Gasteiger partial charge in [0.25, 0.3) is 0 Å². The molecule has 5 fully saturated rings. The molecule has 0 unspecified atom stereocenters. The lowest BCUT2D eigenvalue weighted by molar-refractivity contribution is -0.221. The maximum atomic E-state index is 13.4. The van der Waals surface area contributed by atoms with E-state index in [1.165, 1.54) is 30.6 Å². The third-order valence-corrected chi connectivity index (χ3v) is 8.33. The highest BCUT2D eigenvalue weighted by atomic mass is 32.1. The molecule has 0 aromatic carbocycles. The zero-order chi connectivity index (χ0) is 20.3. The second-order valence-electron chi connectivity index (χ2n) is 9.45. The summed E-state index contributed by atoms with van der Waals surface area (Å²) in [7, 11) is 0. The van der Waals surface area contributed by atoms with E-state index >= 15 is 0 Å². The number of thiazole rings is 1. The van der Waals surface area contributed by atoms with Gasteiger partial charge in [-0.1, -0.05) is 11.3 Å². The highest BCUT2D eigenvalue weighted by Crippen LogP contribution is 2.61. The fourth-order valence-electron chi connectivity index (χ4n) is 6.44. The van der Waals surface area contributed by atoms with Crippen molar-refractivity contribution >= 4 is 22.3 Å². The number of hydrogen-bond donors (Lipinski definition) is 5. The first kappa shape index (κ1) is 19.8. The Morgan fingerprint density at radius 1 is 1.10 bits per heavy atom. The molecular formula is C20H28N2O6S. The van der Waals surface area contributed by atoms with Crippen LogP contribution in [0.4, 0.5) is 5.13 Å². The Labute approximate surface area is 172 Å². The number of nitrogens with one attached hydrogen (secondary N) is 1. The number of rotatable bonds is 5. The maximum absolute atomic E-state index is 13.4. The molecule has 4 bridgehead atoms. The minimum Gasteiger partial charge on any atom is -0.394 e. The topological polar surface area (TPSA) is 132 Å². The number of aromatic nitrogens is 1. The number of ketones is 1. The molecule has 4 saturated carbocycles. The first-order valence-corrected chi connectivity index (χ1v) is 11.3. The molecule has 5 aliphatic rings. The second kappa shape index (κ2) is 7.25. The molecule has 9 heteroatoms. The predicted octanol–water partition coefficient (Wildman–Crippen LogP) is 0.754. The van der Waals surface area contributed by atoms with Gasteiger partial charge in [0.05, 0.1) is 17.7 Å². The van der Waals surface area contributed by atoms with Crippen LogP contribution in [0.1, 0.15) is 48.2 Å². The fourth-order valence-corrected chi connectivity index (χ4v) is 7.34. The van der Waals surface area contributed by atoms with E-state index in [2.05, 4.69) is 10.3 Å². The van der Waals surface area contributed by atoms with Crippen LogP contribution in [0, 0.1) is 23.2 Å². The van der Waals surface area contributed by atoms with Crippen LogP contribution in [0.25, 0.3) is 0 Å². The highest BCUT2D eigenvalue weighted by molar-refractivity contribution is 7.17. The molecule has 5 N–H and O–H groups in total. The van der Waals surface area contributed by atoms with Gasteiger partial charge in [0.1, 0.15) is 24.4 Å². The Morgan fingerprint density at radius 3 is 2.31 bits per heavy atom. The minimum atomic E-state index is -1.45. The van der Waals surface area contributed by atoms with Crippen LogP contribution in [0.3, 0.4) is 0 Å². The SMILES string of the molecule is O=C(c1cnc(N[C@@H]2O[C@H](CO)[C@@H](O)[C@H](O)[C@@H]2O)s1)C12CC3CC(CC(C3)C1)C2. The molecule has 0 spiro atoms. The second-order valence-corrected chi connectivity index (χ2v) is 10.5. The number of carbonyl (C=O) groups is 1. The van der Waals surface area contributed by atoms with Crippen LogP contribution in [0.2, 0.25) is 0 Å². The average Bonchev–Trinajstić information content (AvgIpc) is 3.15. The van der Waals surface area contributed by atoms with Crippen molar-refractivity contribution in [2.24, 2.45) is 23.2 Å². The zero-order valence-corrected chi connectivity index (χ0v) is 16.9. The van der Waals surface area contributed by atoms with Crippen LogP contribution < -0.4 is 5.32 Å². The van der Waals surface area contributed by atoms with Gasteiger partial charge in [-0.25, -0.2) is 4.98 Å². The Morgan fingerprint density at radius 2 is 1.72 bits per heavy atom. The van der Waals surface area contributed by atoms with E-state index in [4.69, 9.17) is 4.74 Å². The molecule has 5 atom stereocenters. The average molecular weight is 425 g/mol. The smallest absolute Gasteiger partial charge is 0.185 e. The standard InChI is InChI=1S/C20H28N2O6S/c23-8-12-14(24)15(25)16(26)18(28-12)22-19-21-7-13(29-19)17(27)20-4-9-1-10(5-20)3-11(2-9)6-20/h7,9-12,14-16,18,23-26H,1-6,8H2,(H,21,22)/t9?,10?,11?,12-,14-,15+,16+,18-,20?/m1/s1. The highest BCUT2D eigenvalue weighted by Gasteiger charge is 2.55. The lowest BCUT2D eigenvalue weighted by Crippen LogP contribution is -2.60. The van der Waals surface area contributed by atoms with Gasteiger partial charge in [-0.3, -0.25) is 4.79 Å². The van der Waals surface area contributed by atoms with Crippen LogP contribution in [-0.4, -0.2) is 68.4 Å². The molecule has 1 aromatic rings. The summed E-state index contributed by atoms with van der Waals surface area (Å²) in [6.45, 7) is -0.489. The van der Waals surface area contributed by atoms with Crippen molar-refractivity contribution in [3.63, 3.8) is 0 Å². The van der Waals surface area contributed by atoms with Crippen molar-refractivity contribution < 1.29 is 30.0 Å². The lowest BCUT2D eigenvalue weighted by atomic mass is 9.48. The molecular weight excluding hydrogens is 396 g/mol. The van der Waals surface area contributed by atoms with Gasteiger partial charge in [-0.2, -0.15) is 0 Å². The molecule has 0 amide bonds. The molecule has 0 radical (unpaired) electrons. The Kier molecular flexibility index (Phi) is 4.96. The summed E-state index contributed by atoms with van der Waals surface area (Å²) in [6.07, 6.45) is 2.11. The van der Waals surface area contributed by atoms with E-state index in [-0.39, 0.29) is 11.2 Å². The number of carbonyl (C=O) groups excluding carboxylic acids is 1. The first-order valence-electron chi connectivity index (χ1n) is 10.5. The Hall–Kier alpha value is -1.10. The van der Waals surface area contributed by atoms with Crippen molar-refractivity contribution in [3.05, 3.63) is 11.1 Å². The van der Waals surface area contributed by atoms with E-state index in [0.29, 0.717) is 27.8 Å². The van der Waals surface area contributed by atoms with Crippen molar-refractivity contribution in [1.82, 2.24) is 4.98 Å². The molecule has 29 heavy (non-hydrogen) atoms. The van der Waals surface area contributed by atoms with Gasteiger partial charge in [-0.05, 0) is 56.3 Å². The summed E-state index contributed by atoms with van der Waals surface area (Å²) in [6, 6.07) is 0. The molecule has 2 heterocycles. The van der Waals surface area contributed by atoms with Gasteiger partial charge in [-0.15, -0.1) is 0 Å². The van der Waals surface area contributed by atoms with Crippen molar-refractivity contribution in [2.75, 3.05) is 11.9 Å². The van der Waals surface area contributed by atoms with Crippen molar-refractivity contribution in [2.45, 2.75) is 69.2 Å². The van der Waals surface area contributed by atoms with E-state index in [9.17, 15) is 25.2 Å². The molecule has 6 rings (SSSR count). The predicted molar refractivity (Wildman–Crippen MR) is 104 cm³/mol. The fraction of sp³-hybridized carbons (Fsp3) is 0.800. The summed E-state index contributed by atoms with van der Waals surface area (Å²) in [5, 5.41) is 42.6. The van der Waals surface area contributed by atoms with Crippen LogP contribution in [0.15, 0.2) is 6.20 Å². The molecule has 8 nitrogen and oxygen atoms in total. The Bertz CT molecular complexity index is 747. The minimum absolute atomic E-state index is 0.191. The third-order valence-electron chi connectivity index (χ3n) is 7.41. The van der Waals surface area contributed by atoms with Crippen molar-refractivity contribution in [3.8, 4) is 0 Å². The largest absolute Gasteiger partial charge is 0.394 e. The third kappa shape index (κ3) is 3.32. The normalized spacial score (nSPS) is 46.1. The Balaban J connectivity index is 1.30. The summed E-state index contributed by atoms with van der Waals surface area (Å²) >= 11 is 1.23. The van der Waals surface area contributed by atoms with E-state index in [1.807, 2.05) is 0 Å². The zero-order valence-electron chi connectivity index (χ0n) is 16.1. The summed E-state index contributed by atoms with van der Waals surface area (Å²) in [5.74, 6) is 2.25. The molecule has 1 aromatic heterocycles. The van der Waals surface area contributed by atoms with E-state index in [0.717, 1.165) is 19.3 Å². The number of aliphatic hydroxyl groups is 4. The van der Waals surface area contributed by atoms with Crippen LogP contribution in [-0.2, 0) is 4.74 Å². The summed E-state index contributed by atoms with van der Waals surface area (Å²) in [5.41, 5.74) is -0.234. The monoisotopic (exact) mass is 424 g/mol. The molecule has 1 saturated heterocycles. The number of aliphatic hydroxyl groups excluding tert-OH is 4. The summed E-state index contributed by atoms with van der Waals surface area (Å²) in [4.78, 5) is 18.3. The number of ether oxygens (including phenoxy) is 1. The van der Waals surface area contributed by atoms with Crippen LogP contribution >= 0.6 is 11.3 Å². The molecule has 4 aliphatic carbocycles. The molecule has 160 valence electrons. The van der Waals surface area contributed by atoms with Gasteiger partial charge >= 0.3 is 0 Å². The van der Waals surface area contributed by atoms with Crippen LogP contribution in [0.5, 0.6) is 0 Å². The van der Waals surface area contributed by atoms with Gasteiger partial charge in [0, 0.05) is 5.41 Å².